The predicted octanol–water partition coefficient (Wildman–Crippen LogP) is 3.34. The van der Waals surface area contributed by atoms with Crippen molar-refractivity contribution in [2.45, 2.75) is 70.9 Å². The molecular formula is C32H43N3O4. The van der Waals surface area contributed by atoms with Crippen molar-refractivity contribution in [2.75, 3.05) is 31.1 Å². The van der Waals surface area contributed by atoms with E-state index in [1.165, 1.54) is 6.42 Å². The molecule has 7 nitrogen and oxygen atoms in total. The van der Waals surface area contributed by atoms with Gasteiger partial charge in [-0.05, 0) is 86.2 Å². The number of benzene rings is 1. The number of likely N-dealkylation sites (tertiary alicyclic amines) is 2. The highest BCUT2D eigenvalue weighted by Crippen LogP contribution is 2.62. The van der Waals surface area contributed by atoms with Gasteiger partial charge in [0.05, 0.1) is 24.4 Å². The van der Waals surface area contributed by atoms with Crippen molar-refractivity contribution >= 4 is 23.4 Å². The number of aliphatic hydroxyl groups is 1. The molecule has 7 rings (SSSR count). The number of fused-ring (bicyclic) bond motifs is 6. The van der Waals surface area contributed by atoms with E-state index in [-0.39, 0.29) is 53.4 Å². The van der Waals surface area contributed by atoms with Crippen molar-refractivity contribution in [1.82, 2.24) is 9.80 Å². The van der Waals surface area contributed by atoms with Crippen LogP contribution in [0.2, 0.25) is 0 Å². The lowest BCUT2D eigenvalue weighted by Crippen LogP contribution is -2.48. The fourth-order valence-electron chi connectivity index (χ4n) is 10.1. The van der Waals surface area contributed by atoms with E-state index < -0.39 is 6.10 Å². The van der Waals surface area contributed by atoms with Crippen molar-refractivity contribution in [1.29, 1.82) is 0 Å². The van der Waals surface area contributed by atoms with Crippen molar-refractivity contribution in [2.24, 2.45) is 47.3 Å². The van der Waals surface area contributed by atoms with E-state index in [4.69, 9.17) is 0 Å². The van der Waals surface area contributed by atoms with E-state index in [0.717, 1.165) is 63.0 Å². The molecule has 3 aliphatic heterocycles. The molecule has 3 heterocycles. The van der Waals surface area contributed by atoms with Gasteiger partial charge >= 0.3 is 0 Å². The van der Waals surface area contributed by atoms with E-state index in [9.17, 15) is 19.5 Å². The standard InChI is InChI=1S/C32H43N3O4/c1-18-24-15-25(28(18)19(2)36)30-29(24)31(38)34(32(30)39)17-22-8-5-7-21(22)16-33-12-10-23(11-13-33)35-26-9-4-3-6-20(26)14-27(35)37/h3-4,6,9,18-19,21-25,28-30,36H,5,7-8,10-17H2,1-2H3/t18?,19?,21-,22-,24?,25?,28?,29?,30?/m1/s1. The average Bonchev–Trinajstić information content (AvgIpc) is 3.71. The molecule has 2 bridgehead atoms. The number of hydrogen-bond acceptors (Lipinski definition) is 5. The van der Waals surface area contributed by atoms with Gasteiger partial charge in [0, 0.05) is 37.9 Å². The van der Waals surface area contributed by atoms with Crippen LogP contribution < -0.4 is 4.90 Å². The Morgan fingerprint density at radius 3 is 2.31 bits per heavy atom. The second-order valence-electron chi connectivity index (χ2n) is 13.6. The second-order valence-corrected chi connectivity index (χ2v) is 13.6. The summed E-state index contributed by atoms with van der Waals surface area (Å²) in [6.07, 6.45) is 6.44. The Kier molecular flexibility index (Phi) is 6.38. The monoisotopic (exact) mass is 533 g/mol. The molecule has 2 saturated heterocycles. The first kappa shape index (κ1) is 25.7. The number of rotatable bonds is 6. The summed E-state index contributed by atoms with van der Waals surface area (Å²) < 4.78 is 0. The zero-order valence-electron chi connectivity index (χ0n) is 23.4. The Morgan fingerprint density at radius 2 is 1.59 bits per heavy atom. The van der Waals surface area contributed by atoms with Crippen LogP contribution in [0.5, 0.6) is 0 Å². The third-order valence-electron chi connectivity index (χ3n) is 11.8. The third-order valence-corrected chi connectivity index (χ3v) is 11.8. The highest BCUT2D eigenvalue weighted by molar-refractivity contribution is 6.06. The number of carbonyl (C=O) groups is 3. The normalized spacial score (nSPS) is 39.2. The summed E-state index contributed by atoms with van der Waals surface area (Å²) in [6.45, 7) is 7.62. The quantitative estimate of drug-likeness (QED) is 0.568. The minimum atomic E-state index is -0.422. The van der Waals surface area contributed by atoms with E-state index in [1.54, 1.807) is 4.90 Å². The molecule has 210 valence electrons. The van der Waals surface area contributed by atoms with Crippen LogP contribution >= 0.6 is 0 Å². The Morgan fingerprint density at radius 1 is 0.923 bits per heavy atom. The van der Waals surface area contributed by atoms with Crippen LogP contribution in [0.3, 0.4) is 0 Å². The van der Waals surface area contributed by atoms with Gasteiger partial charge in [0.1, 0.15) is 0 Å². The number of aliphatic hydroxyl groups excluding tert-OH is 1. The van der Waals surface area contributed by atoms with Gasteiger partial charge in [-0.3, -0.25) is 19.3 Å². The summed E-state index contributed by atoms with van der Waals surface area (Å²) in [6, 6.07) is 8.48. The summed E-state index contributed by atoms with van der Waals surface area (Å²) in [7, 11) is 0. The Bertz CT molecular complexity index is 1160. The fraction of sp³-hybridized carbons (Fsp3) is 0.719. The first-order valence-electron chi connectivity index (χ1n) is 15.5. The molecule has 3 aliphatic carbocycles. The summed E-state index contributed by atoms with van der Waals surface area (Å²) in [5.74, 6) is 1.76. The van der Waals surface area contributed by atoms with Crippen molar-refractivity contribution < 1.29 is 19.5 Å². The number of hydrogen-bond donors (Lipinski definition) is 1. The van der Waals surface area contributed by atoms with E-state index in [0.29, 0.717) is 30.7 Å². The maximum Gasteiger partial charge on any atom is 0.233 e. The minimum Gasteiger partial charge on any atom is -0.393 e. The highest BCUT2D eigenvalue weighted by Gasteiger charge is 2.66. The topological polar surface area (TPSA) is 81.2 Å². The molecule has 1 N–H and O–H groups in total. The van der Waals surface area contributed by atoms with E-state index >= 15 is 0 Å². The van der Waals surface area contributed by atoms with Gasteiger partial charge in [-0.15, -0.1) is 0 Å². The van der Waals surface area contributed by atoms with Gasteiger partial charge in [0.25, 0.3) is 0 Å². The fourth-order valence-corrected chi connectivity index (χ4v) is 10.1. The smallest absolute Gasteiger partial charge is 0.233 e. The van der Waals surface area contributed by atoms with E-state index in [1.807, 2.05) is 19.1 Å². The third kappa shape index (κ3) is 4.01. The number of amides is 3. The van der Waals surface area contributed by atoms with Gasteiger partial charge in [-0.2, -0.15) is 0 Å². The van der Waals surface area contributed by atoms with Crippen LogP contribution in [0.4, 0.5) is 5.69 Å². The minimum absolute atomic E-state index is 0.0528. The maximum atomic E-state index is 13.6. The largest absolute Gasteiger partial charge is 0.393 e. The molecule has 0 radical (unpaired) electrons. The summed E-state index contributed by atoms with van der Waals surface area (Å²) in [4.78, 5) is 46.2. The lowest BCUT2D eigenvalue weighted by molar-refractivity contribution is -0.141. The molecule has 1 aromatic rings. The first-order valence-corrected chi connectivity index (χ1v) is 15.5. The number of nitrogens with zero attached hydrogens (tertiary/aromatic N) is 3. The molecule has 5 fully saturated rings. The second kappa shape index (κ2) is 9.69. The van der Waals surface area contributed by atoms with Gasteiger partial charge < -0.3 is 14.9 Å². The van der Waals surface area contributed by atoms with Gasteiger partial charge in [-0.1, -0.05) is 31.5 Å². The molecule has 7 unspecified atom stereocenters. The summed E-state index contributed by atoms with van der Waals surface area (Å²) in [5.41, 5.74) is 2.25. The highest BCUT2D eigenvalue weighted by atomic mass is 16.3. The lowest BCUT2D eigenvalue weighted by atomic mass is 9.68. The van der Waals surface area contributed by atoms with Gasteiger partial charge in [0.15, 0.2) is 0 Å². The molecule has 0 aromatic heterocycles. The number of imide groups is 1. The van der Waals surface area contributed by atoms with Crippen molar-refractivity contribution in [3.63, 3.8) is 0 Å². The van der Waals surface area contributed by atoms with Crippen molar-refractivity contribution in [3.8, 4) is 0 Å². The molecular weight excluding hydrogens is 490 g/mol. The van der Waals surface area contributed by atoms with Crippen LogP contribution in [0, 0.1) is 47.3 Å². The SMILES string of the molecule is CC(O)C1C(C)C2CC1C1C(=O)N(C[C@H]3CCC[C@@H]3CN3CCC(N4C(=O)Cc5ccccc54)CC3)C(=O)C21. The Labute approximate surface area is 231 Å². The van der Waals surface area contributed by atoms with Crippen LogP contribution in [0.25, 0.3) is 0 Å². The summed E-state index contributed by atoms with van der Waals surface area (Å²) in [5, 5.41) is 10.4. The molecule has 6 aliphatic rings. The number of para-hydroxylation sites is 1. The molecule has 1 aromatic carbocycles. The zero-order chi connectivity index (χ0) is 27.0. The average molecular weight is 534 g/mol. The number of anilines is 1. The molecule has 0 spiro atoms. The lowest BCUT2D eigenvalue weighted by Gasteiger charge is -2.38. The van der Waals surface area contributed by atoms with Crippen LogP contribution in [-0.4, -0.2) is 71.0 Å². The predicted molar refractivity (Wildman–Crippen MR) is 148 cm³/mol. The van der Waals surface area contributed by atoms with Gasteiger partial charge in [-0.25, -0.2) is 0 Å². The zero-order valence-corrected chi connectivity index (χ0v) is 23.4. The number of piperidine rings is 1. The molecule has 7 heteroatoms. The van der Waals surface area contributed by atoms with Crippen LogP contribution in [-0.2, 0) is 20.8 Å². The number of carbonyl (C=O) groups excluding carboxylic acids is 3. The molecule has 3 saturated carbocycles. The van der Waals surface area contributed by atoms with Crippen molar-refractivity contribution in [3.05, 3.63) is 29.8 Å². The Hall–Kier alpha value is -2.25. The van der Waals surface area contributed by atoms with Gasteiger partial charge in [0.2, 0.25) is 17.7 Å². The molecule has 9 atom stereocenters. The Balaban J connectivity index is 0.968. The van der Waals surface area contributed by atoms with E-state index in [2.05, 4.69) is 28.9 Å². The van der Waals surface area contributed by atoms with Crippen LogP contribution in [0.15, 0.2) is 24.3 Å². The molecule has 39 heavy (non-hydrogen) atoms. The maximum absolute atomic E-state index is 13.6. The first-order chi connectivity index (χ1) is 18.8. The molecule has 3 amide bonds. The van der Waals surface area contributed by atoms with Crippen LogP contribution in [0.1, 0.15) is 57.9 Å². The summed E-state index contributed by atoms with van der Waals surface area (Å²) >= 11 is 0.